The van der Waals surface area contributed by atoms with Gasteiger partial charge < -0.3 is 4.74 Å². The molecule has 0 saturated carbocycles. The number of nitrogens with zero attached hydrogens (tertiary/aromatic N) is 2. The highest BCUT2D eigenvalue weighted by molar-refractivity contribution is 7.92. The summed E-state index contributed by atoms with van der Waals surface area (Å²) in [6.07, 6.45) is 1.19. The van der Waals surface area contributed by atoms with E-state index in [9.17, 15) is 8.42 Å². The number of sulfonamides is 1. The molecule has 3 atom stereocenters. The fourth-order valence-corrected chi connectivity index (χ4v) is 4.44. The molecule has 158 valence electrons. The summed E-state index contributed by atoms with van der Waals surface area (Å²) in [5, 5.41) is 0.770. The Morgan fingerprint density at radius 3 is 2.52 bits per heavy atom. The fraction of sp³-hybridized carbons (Fsp3) is 0.455. The standard InChI is InChI=1S/C22H29ClN2O3S/c1-16-13-25(17(2)18-6-5-7-20(23)12-18)14-19(16)15-28-22-10-8-21(9-11-22)24(3)29(4,26)27/h5-12,16-17,19H,13-15H2,1-4H3. The average Bonchev–Trinajstić information content (AvgIpc) is 3.05. The van der Waals surface area contributed by atoms with Gasteiger partial charge in [-0.15, -0.1) is 0 Å². The summed E-state index contributed by atoms with van der Waals surface area (Å²) in [6, 6.07) is 15.6. The molecule has 0 amide bonds. The third kappa shape index (κ3) is 5.44. The summed E-state index contributed by atoms with van der Waals surface area (Å²) in [4.78, 5) is 2.48. The van der Waals surface area contributed by atoms with E-state index in [0.29, 0.717) is 30.2 Å². The lowest BCUT2D eigenvalue weighted by molar-refractivity contribution is 0.213. The van der Waals surface area contributed by atoms with E-state index in [1.165, 1.54) is 16.1 Å². The Morgan fingerprint density at radius 2 is 1.90 bits per heavy atom. The van der Waals surface area contributed by atoms with Crippen molar-refractivity contribution in [2.75, 3.05) is 37.3 Å². The third-order valence-electron chi connectivity index (χ3n) is 5.84. The number of likely N-dealkylation sites (tertiary alicyclic amines) is 1. The topological polar surface area (TPSA) is 49.9 Å². The van der Waals surface area contributed by atoms with Gasteiger partial charge in [0.15, 0.2) is 0 Å². The second kappa shape index (κ2) is 8.94. The number of rotatable bonds is 7. The van der Waals surface area contributed by atoms with Crippen molar-refractivity contribution in [3.05, 3.63) is 59.1 Å². The maximum atomic E-state index is 11.6. The maximum absolute atomic E-state index is 11.6. The smallest absolute Gasteiger partial charge is 0.231 e. The molecule has 0 radical (unpaired) electrons. The normalized spacial score (nSPS) is 21.1. The zero-order valence-corrected chi connectivity index (χ0v) is 18.9. The Bertz CT molecular complexity index is 933. The maximum Gasteiger partial charge on any atom is 0.231 e. The number of benzene rings is 2. The second-order valence-corrected chi connectivity index (χ2v) is 10.4. The minimum atomic E-state index is -3.26. The largest absolute Gasteiger partial charge is 0.493 e. The lowest BCUT2D eigenvalue weighted by atomic mass is 9.99. The molecule has 1 aliphatic heterocycles. The van der Waals surface area contributed by atoms with Crippen LogP contribution < -0.4 is 9.04 Å². The van der Waals surface area contributed by atoms with E-state index in [-0.39, 0.29) is 0 Å². The van der Waals surface area contributed by atoms with Gasteiger partial charge in [0.25, 0.3) is 0 Å². The highest BCUT2D eigenvalue weighted by Gasteiger charge is 2.33. The minimum absolute atomic E-state index is 0.312. The lowest BCUT2D eigenvalue weighted by Gasteiger charge is -2.25. The Hall–Kier alpha value is -1.76. The Balaban J connectivity index is 1.57. The number of halogens is 1. The number of hydrogen-bond donors (Lipinski definition) is 0. The zero-order valence-electron chi connectivity index (χ0n) is 17.4. The van der Waals surface area contributed by atoms with Crippen LogP contribution in [0.25, 0.3) is 0 Å². The van der Waals surface area contributed by atoms with E-state index in [4.69, 9.17) is 16.3 Å². The van der Waals surface area contributed by atoms with Gasteiger partial charge in [-0.3, -0.25) is 9.21 Å². The second-order valence-electron chi connectivity index (χ2n) is 7.96. The van der Waals surface area contributed by atoms with Gasteiger partial charge in [0.05, 0.1) is 18.6 Å². The number of anilines is 1. The average molecular weight is 437 g/mol. The molecule has 3 unspecified atom stereocenters. The molecule has 0 bridgehead atoms. The highest BCUT2D eigenvalue weighted by atomic mass is 35.5. The highest BCUT2D eigenvalue weighted by Crippen LogP contribution is 2.32. The molecular formula is C22H29ClN2O3S. The predicted molar refractivity (Wildman–Crippen MR) is 119 cm³/mol. The van der Waals surface area contributed by atoms with Gasteiger partial charge in [-0.2, -0.15) is 0 Å². The van der Waals surface area contributed by atoms with E-state index in [2.05, 4.69) is 24.8 Å². The van der Waals surface area contributed by atoms with Crippen LogP contribution in [0.5, 0.6) is 5.75 Å². The monoisotopic (exact) mass is 436 g/mol. The summed E-state index contributed by atoms with van der Waals surface area (Å²) in [7, 11) is -1.72. The van der Waals surface area contributed by atoms with Gasteiger partial charge in [0.2, 0.25) is 10.0 Å². The lowest BCUT2D eigenvalue weighted by Crippen LogP contribution is -2.25. The number of hydrogen-bond acceptors (Lipinski definition) is 4. The minimum Gasteiger partial charge on any atom is -0.493 e. The Morgan fingerprint density at radius 1 is 1.21 bits per heavy atom. The van der Waals surface area contributed by atoms with Crippen molar-refractivity contribution in [1.82, 2.24) is 4.90 Å². The first-order valence-electron chi connectivity index (χ1n) is 9.81. The summed E-state index contributed by atoms with van der Waals surface area (Å²) < 4.78 is 30.6. The van der Waals surface area contributed by atoms with Crippen molar-refractivity contribution in [2.45, 2.75) is 19.9 Å². The van der Waals surface area contributed by atoms with Crippen molar-refractivity contribution >= 4 is 27.3 Å². The first kappa shape index (κ1) is 21.9. The molecule has 3 rings (SSSR count). The molecule has 2 aromatic rings. The van der Waals surface area contributed by atoms with Crippen molar-refractivity contribution < 1.29 is 13.2 Å². The Labute approximate surface area is 179 Å². The van der Waals surface area contributed by atoms with Crippen molar-refractivity contribution in [1.29, 1.82) is 0 Å². The molecule has 29 heavy (non-hydrogen) atoms. The van der Waals surface area contributed by atoms with Gasteiger partial charge in [0, 0.05) is 37.1 Å². The molecule has 0 aliphatic carbocycles. The molecule has 1 aliphatic rings. The van der Waals surface area contributed by atoms with Crippen LogP contribution in [-0.4, -0.2) is 46.3 Å². The number of ether oxygens (including phenoxy) is 1. The van der Waals surface area contributed by atoms with Crippen LogP contribution in [0.3, 0.4) is 0 Å². The van der Waals surface area contributed by atoms with Crippen LogP contribution in [-0.2, 0) is 10.0 Å². The van der Waals surface area contributed by atoms with Crippen LogP contribution in [0, 0.1) is 11.8 Å². The molecule has 0 aromatic heterocycles. The van der Waals surface area contributed by atoms with Crippen LogP contribution in [0.1, 0.15) is 25.5 Å². The molecule has 7 heteroatoms. The molecular weight excluding hydrogens is 408 g/mol. The van der Waals surface area contributed by atoms with E-state index in [0.717, 1.165) is 23.9 Å². The Kier molecular flexibility index (Phi) is 6.76. The van der Waals surface area contributed by atoms with E-state index < -0.39 is 10.0 Å². The van der Waals surface area contributed by atoms with Gasteiger partial charge in [-0.1, -0.05) is 30.7 Å². The SMILES string of the molecule is CC1CN(C(C)c2cccc(Cl)c2)CC1COc1ccc(N(C)S(C)(=O)=O)cc1. The molecule has 1 fully saturated rings. The van der Waals surface area contributed by atoms with Crippen LogP contribution in [0.2, 0.25) is 5.02 Å². The van der Waals surface area contributed by atoms with E-state index in [1.54, 1.807) is 19.2 Å². The van der Waals surface area contributed by atoms with Crippen LogP contribution in [0.15, 0.2) is 48.5 Å². The summed E-state index contributed by atoms with van der Waals surface area (Å²) in [5.74, 6) is 1.73. The van der Waals surface area contributed by atoms with E-state index in [1.807, 2.05) is 30.3 Å². The van der Waals surface area contributed by atoms with Crippen molar-refractivity contribution in [3.63, 3.8) is 0 Å². The van der Waals surface area contributed by atoms with Crippen LogP contribution in [0.4, 0.5) is 5.69 Å². The quantitative estimate of drug-likeness (QED) is 0.643. The summed E-state index contributed by atoms with van der Waals surface area (Å²) in [5.41, 5.74) is 1.85. The van der Waals surface area contributed by atoms with E-state index >= 15 is 0 Å². The third-order valence-corrected chi connectivity index (χ3v) is 7.28. The fourth-order valence-electron chi connectivity index (χ4n) is 3.73. The zero-order chi connectivity index (χ0) is 21.2. The molecule has 1 heterocycles. The molecule has 1 saturated heterocycles. The summed E-state index contributed by atoms with van der Waals surface area (Å²) >= 11 is 6.15. The first-order chi connectivity index (χ1) is 13.6. The molecule has 5 nitrogen and oxygen atoms in total. The van der Waals surface area contributed by atoms with Gasteiger partial charge in [-0.25, -0.2) is 8.42 Å². The molecule has 0 spiro atoms. The van der Waals surface area contributed by atoms with Crippen LogP contribution >= 0.6 is 11.6 Å². The van der Waals surface area contributed by atoms with Crippen molar-refractivity contribution in [2.24, 2.45) is 11.8 Å². The van der Waals surface area contributed by atoms with Gasteiger partial charge >= 0.3 is 0 Å². The molecule has 2 aromatic carbocycles. The predicted octanol–water partition coefficient (Wildman–Crippen LogP) is 4.44. The molecule has 0 N–H and O–H groups in total. The van der Waals surface area contributed by atoms with Gasteiger partial charge in [0.1, 0.15) is 5.75 Å². The van der Waals surface area contributed by atoms with Crippen molar-refractivity contribution in [3.8, 4) is 5.75 Å². The summed E-state index contributed by atoms with van der Waals surface area (Å²) in [6.45, 7) is 7.13. The first-order valence-corrected chi connectivity index (χ1v) is 12.0. The van der Waals surface area contributed by atoms with Gasteiger partial charge in [-0.05, 0) is 54.8 Å².